The van der Waals surface area contributed by atoms with Crippen molar-refractivity contribution in [1.82, 2.24) is 9.88 Å². The summed E-state index contributed by atoms with van der Waals surface area (Å²) in [6.45, 7) is 5.16. The van der Waals surface area contributed by atoms with E-state index < -0.39 is 0 Å². The highest BCUT2D eigenvalue weighted by atomic mass is 35.5. The number of halogens is 1. The summed E-state index contributed by atoms with van der Waals surface area (Å²) >= 11 is 6.01. The molecule has 1 N–H and O–H groups in total. The summed E-state index contributed by atoms with van der Waals surface area (Å²) in [5.41, 5.74) is 3.94. The molecule has 3 aromatic rings. The monoisotopic (exact) mass is 368 g/mol. The lowest BCUT2D eigenvalue weighted by Crippen LogP contribution is -2.14. The average Bonchev–Trinajstić information content (AvgIpc) is 3.01. The van der Waals surface area contributed by atoms with Gasteiger partial charge in [-0.25, -0.2) is 0 Å². The highest BCUT2D eigenvalue weighted by Gasteiger charge is 2.08. The zero-order chi connectivity index (χ0) is 18.2. The van der Waals surface area contributed by atoms with Crippen molar-refractivity contribution in [3.8, 4) is 0 Å². The lowest BCUT2D eigenvalue weighted by Gasteiger charge is -2.05. The van der Waals surface area contributed by atoms with Crippen molar-refractivity contribution in [3.05, 3.63) is 70.9 Å². The summed E-state index contributed by atoms with van der Waals surface area (Å²) in [7, 11) is 0. The molecule has 2 nitrogen and oxygen atoms in total. The zero-order valence-electron chi connectivity index (χ0n) is 15.7. The molecule has 3 rings (SSSR count). The lowest BCUT2D eigenvalue weighted by atomic mass is 10.1. The van der Waals surface area contributed by atoms with Crippen LogP contribution < -0.4 is 5.32 Å². The Kier molecular flexibility index (Phi) is 7.16. The van der Waals surface area contributed by atoms with Gasteiger partial charge in [-0.05, 0) is 42.3 Å². The van der Waals surface area contributed by atoms with Crippen LogP contribution in [0.15, 0.2) is 54.7 Å². The maximum absolute atomic E-state index is 6.01. The minimum Gasteiger partial charge on any atom is -0.343 e. The predicted molar refractivity (Wildman–Crippen MR) is 113 cm³/mol. The number of benzene rings is 2. The van der Waals surface area contributed by atoms with Gasteiger partial charge in [-0.3, -0.25) is 0 Å². The Bertz CT molecular complexity index is 805. The van der Waals surface area contributed by atoms with Crippen LogP contribution >= 0.6 is 11.6 Å². The first kappa shape index (κ1) is 19.0. The molecular weight excluding hydrogens is 340 g/mol. The molecule has 0 unspecified atom stereocenters. The molecule has 0 aliphatic heterocycles. The molecule has 26 heavy (non-hydrogen) atoms. The summed E-state index contributed by atoms with van der Waals surface area (Å²) < 4.78 is 2.34. The first-order valence-corrected chi connectivity index (χ1v) is 10.2. The van der Waals surface area contributed by atoms with E-state index in [1.54, 1.807) is 0 Å². The number of rotatable bonds is 10. The minimum atomic E-state index is 0.787. The van der Waals surface area contributed by atoms with E-state index in [0.29, 0.717) is 0 Å². The van der Waals surface area contributed by atoms with Crippen molar-refractivity contribution in [2.45, 2.75) is 52.1 Å². The van der Waals surface area contributed by atoms with Gasteiger partial charge in [-0.2, -0.15) is 0 Å². The number of nitrogens with zero attached hydrogens (tertiary/aromatic N) is 1. The average molecular weight is 369 g/mol. The number of hydrogen-bond acceptors (Lipinski definition) is 1. The Balaban J connectivity index is 1.64. The number of aromatic nitrogens is 1. The second-order valence-corrected chi connectivity index (χ2v) is 7.45. The number of fused-ring (bicyclic) bond motifs is 1. The standard InChI is InChI=1S/C23H29ClN2/c1-2-3-4-5-8-15-25-16-20-18-26(23-10-7-6-9-22(20)23)17-19-11-13-21(24)14-12-19/h6-7,9-14,18,25H,2-5,8,15-17H2,1H3. The molecule has 1 heterocycles. The van der Waals surface area contributed by atoms with Gasteiger partial charge in [-0.1, -0.05) is 74.5 Å². The molecule has 2 aromatic carbocycles. The number of nitrogens with one attached hydrogen (secondary N) is 1. The molecule has 0 aliphatic carbocycles. The van der Waals surface area contributed by atoms with Crippen molar-refractivity contribution in [3.63, 3.8) is 0 Å². The van der Waals surface area contributed by atoms with E-state index in [1.807, 2.05) is 12.1 Å². The summed E-state index contributed by atoms with van der Waals surface area (Å²) in [6, 6.07) is 16.8. The van der Waals surface area contributed by atoms with E-state index in [0.717, 1.165) is 24.7 Å². The van der Waals surface area contributed by atoms with Gasteiger partial charge in [0.15, 0.2) is 0 Å². The topological polar surface area (TPSA) is 17.0 Å². The highest BCUT2D eigenvalue weighted by Crippen LogP contribution is 2.23. The maximum atomic E-state index is 6.01. The van der Waals surface area contributed by atoms with Crippen LogP contribution in [0.5, 0.6) is 0 Å². The molecule has 0 amide bonds. The van der Waals surface area contributed by atoms with Crippen molar-refractivity contribution >= 4 is 22.5 Å². The van der Waals surface area contributed by atoms with E-state index in [-0.39, 0.29) is 0 Å². The molecule has 0 aliphatic rings. The van der Waals surface area contributed by atoms with Crippen LogP contribution in [-0.2, 0) is 13.1 Å². The molecule has 0 radical (unpaired) electrons. The van der Waals surface area contributed by atoms with Gasteiger partial charge in [0.25, 0.3) is 0 Å². The molecule has 3 heteroatoms. The van der Waals surface area contributed by atoms with Crippen molar-refractivity contribution in [1.29, 1.82) is 0 Å². The number of para-hydroxylation sites is 1. The fraction of sp³-hybridized carbons (Fsp3) is 0.391. The quantitative estimate of drug-likeness (QED) is 0.409. The molecule has 138 valence electrons. The molecule has 1 aromatic heterocycles. The van der Waals surface area contributed by atoms with Gasteiger partial charge < -0.3 is 9.88 Å². The molecule has 0 fully saturated rings. The van der Waals surface area contributed by atoms with E-state index >= 15 is 0 Å². The number of hydrogen-bond donors (Lipinski definition) is 1. The smallest absolute Gasteiger partial charge is 0.0486 e. The van der Waals surface area contributed by atoms with E-state index in [2.05, 4.69) is 59.4 Å². The van der Waals surface area contributed by atoms with E-state index in [4.69, 9.17) is 11.6 Å². The Labute approximate surface area is 162 Å². The summed E-state index contributed by atoms with van der Waals surface area (Å²) in [6.07, 6.45) is 8.92. The third-order valence-corrected chi connectivity index (χ3v) is 5.16. The maximum Gasteiger partial charge on any atom is 0.0486 e. The van der Waals surface area contributed by atoms with Gasteiger partial charge in [0, 0.05) is 35.2 Å². The van der Waals surface area contributed by atoms with Gasteiger partial charge in [-0.15, -0.1) is 0 Å². The predicted octanol–water partition coefficient (Wildman–Crippen LogP) is 6.40. The molecular formula is C23H29ClN2. The Morgan fingerprint density at radius 3 is 2.50 bits per heavy atom. The Hall–Kier alpha value is -1.77. The second kappa shape index (κ2) is 9.80. The molecule has 0 spiro atoms. The van der Waals surface area contributed by atoms with Gasteiger partial charge in [0.1, 0.15) is 0 Å². The molecule has 0 bridgehead atoms. The zero-order valence-corrected chi connectivity index (χ0v) is 16.4. The van der Waals surface area contributed by atoms with Gasteiger partial charge in [0.05, 0.1) is 0 Å². The fourth-order valence-electron chi connectivity index (χ4n) is 3.46. The fourth-order valence-corrected chi connectivity index (χ4v) is 3.58. The number of unbranched alkanes of at least 4 members (excludes halogenated alkanes) is 4. The third-order valence-electron chi connectivity index (χ3n) is 4.91. The van der Waals surface area contributed by atoms with Crippen molar-refractivity contribution < 1.29 is 0 Å². The second-order valence-electron chi connectivity index (χ2n) is 7.02. The first-order valence-electron chi connectivity index (χ1n) is 9.80. The van der Waals surface area contributed by atoms with Gasteiger partial charge in [0.2, 0.25) is 0 Å². The molecule has 0 saturated heterocycles. The van der Waals surface area contributed by atoms with Crippen molar-refractivity contribution in [2.75, 3.05) is 6.54 Å². The van der Waals surface area contributed by atoms with Gasteiger partial charge >= 0.3 is 0 Å². The van der Waals surface area contributed by atoms with Crippen LogP contribution in [0.25, 0.3) is 10.9 Å². The summed E-state index contributed by atoms with van der Waals surface area (Å²) in [5.74, 6) is 0. The minimum absolute atomic E-state index is 0.787. The third kappa shape index (κ3) is 5.12. The molecule has 0 saturated carbocycles. The first-order chi connectivity index (χ1) is 12.8. The highest BCUT2D eigenvalue weighted by molar-refractivity contribution is 6.30. The lowest BCUT2D eigenvalue weighted by molar-refractivity contribution is 0.584. The van der Waals surface area contributed by atoms with Crippen LogP contribution in [0.1, 0.15) is 50.2 Å². The van der Waals surface area contributed by atoms with Crippen LogP contribution in [0.4, 0.5) is 0 Å². The summed E-state index contributed by atoms with van der Waals surface area (Å²) in [4.78, 5) is 0. The SMILES string of the molecule is CCCCCCCNCc1cn(Cc2ccc(Cl)cc2)c2ccccc12. The van der Waals surface area contributed by atoms with Crippen LogP contribution in [0, 0.1) is 0 Å². The van der Waals surface area contributed by atoms with Crippen LogP contribution in [0.2, 0.25) is 5.02 Å². The molecule has 0 atom stereocenters. The summed E-state index contributed by atoms with van der Waals surface area (Å²) in [5, 5.41) is 5.76. The Morgan fingerprint density at radius 1 is 0.923 bits per heavy atom. The van der Waals surface area contributed by atoms with E-state index in [9.17, 15) is 0 Å². The van der Waals surface area contributed by atoms with E-state index in [1.165, 1.54) is 54.1 Å². The van der Waals surface area contributed by atoms with Crippen molar-refractivity contribution in [2.24, 2.45) is 0 Å². The van der Waals surface area contributed by atoms with Crippen LogP contribution in [0.3, 0.4) is 0 Å². The largest absolute Gasteiger partial charge is 0.343 e. The normalized spacial score (nSPS) is 11.3. The Morgan fingerprint density at radius 2 is 1.69 bits per heavy atom. The van der Waals surface area contributed by atoms with Crippen LogP contribution in [-0.4, -0.2) is 11.1 Å².